The molecule has 3 rings (SSSR count). The number of amides is 1. The second-order valence-electron chi connectivity index (χ2n) is 6.77. The number of hydrogen-bond donors (Lipinski definition) is 2. The van der Waals surface area contributed by atoms with Crippen LogP contribution in [-0.2, 0) is 9.53 Å². The maximum Gasteiger partial charge on any atom is 0.230 e. The number of thioether (sulfide) groups is 1. The van der Waals surface area contributed by atoms with E-state index in [4.69, 9.17) is 4.74 Å². The molecule has 0 unspecified atom stereocenters. The third-order valence-corrected chi connectivity index (χ3v) is 6.50. The molecule has 134 valence electrons. The molecular weight excluding hydrogens is 346 g/mol. The van der Waals surface area contributed by atoms with Gasteiger partial charge in [-0.25, -0.2) is 4.98 Å². The van der Waals surface area contributed by atoms with Gasteiger partial charge in [0.05, 0.1) is 16.9 Å². The molecule has 2 aliphatic rings. The molecule has 0 saturated carbocycles. The highest BCUT2D eigenvalue weighted by Crippen LogP contribution is 2.40. The van der Waals surface area contributed by atoms with Gasteiger partial charge >= 0.3 is 0 Å². The Morgan fingerprint density at radius 1 is 1.54 bits per heavy atom. The summed E-state index contributed by atoms with van der Waals surface area (Å²) in [6.45, 7) is 4.11. The summed E-state index contributed by atoms with van der Waals surface area (Å²) in [6.07, 6.45) is 5.12. The van der Waals surface area contributed by atoms with E-state index >= 15 is 0 Å². The summed E-state index contributed by atoms with van der Waals surface area (Å²) in [5, 5.41) is 17.1. The maximum atomic E-state index is 12.0. The van der Waals surface area contributed by atoms with Gasteiger partial charge in [-0.1, -0.05) is 0 Å². The molecule has 8 heteroatoms. The zero-order valence-corrected chi connectivity index (χ0v) is 15.8. The Labute approximate surface area is 151 Å². The number of nitrogens with one attached hydrogen (secondary N) is 1. The van der Waals surface area contributed by atoms with Crippen LogP contribution >= 0.6 is 23.1 Å². The molecule has 1 aromatic rings. The lowest BCUT2D eigenvalue weighted by Crippen LogP contribution is -2.69. The number of carbonyl (C=O) groups is 1. The molecule has 2 saturated heterocycles. The molecule has 0 radical (unpaired) electrons. The average molecular weight is 372 g/mol. The third-order valence-electron chi connectivity index (χ3n) is 5.11. The third kappa shape index (κ3) is 3.42. The number of aromatic nitrogens is 1. The van der Waals surface area contributed by atoms with Crippen LogP contribution in [0.15, 0.2) is 11.6 Å². The van der Waals surface area contributed by atoms with E-state index in [0.717, 1.165) is 31.1 Å². The van der Waals surface area contributed by atoms with E-state index in [-0.39, 0.29) is 5.91 Å². The Bertz CT molecular complexity index is 561. The zero-order chi connectivity index (χ0) is 17.2. The van der Waals surface area contributed by atoms with Crippen molar-refractivity contribution in [1.82, 2.24) is 10.3 Å². The number of aliphatic hydroxyl groups excluding tert-OH is 1. The summed E-state index contributed by atoms with van der Waals surface area (Å²) in [6, 6.07) is 0. The molecule has 24 heavy (non-hydrogen) atoms. The standard InChI is InChI=1S/C16H25N3O3S2/c1-15(18-12(20)11-23-2)5-9-22-16(13(15)21)3-7-19(8-4-16)14-17-6-10-24-14/h6,10,13,21H,3-5,7-9,11H2,1-2H3,(H,18,20)/t13-,15+/m0/s1. The summed E-state index contributed by atoms with van der Waals surface area (Å²) in [5.74, 6) is 0.384. The quantitative estimate of drug-likeness (QED) is 0.836. The monoisotopic (exact) mass is 371 g/mol. The number of rotatable bonds is 4. The maximum absolute atomic E-state index is 12.0. The molecule has 1 spiro atoms. The van der Waals surface area contributed by atoms with E-state index < -0.39 is 17.2 Å². The molecule has 2 atom stereocenters. The Kier molecular flexibility index (Phi) is 5.39. The van der Waals surface area contributed by atoms with E-state index in [0.29, 0.717) is 18.8 Å². The van der Waals surface area contributed by atoms with Crippen molar-refractivity contribution in [2.24, 2.45) is 0 Å². The van der Waals surface area contributed by atoms with Gasteiger partial charge in [-0.15, -0.1) is 11.3 Å². The van der Waals surface area contributed by atoms with Gasteiger partial charge in [0.25, 0.3) is 0 Å². The minimum absolute atomic E-state index is 0.0266. The number of carbonyl (C=O) groups excluding carboxylic acids is 1. The lowest BCUT2D eigenvalue weighted by atomic mass is 9.73. The van der Waals surface area contributed by atoms with E-state index in [2.05, 4.69) is 15.2 Å². The van der Waals surface area contributed by atoms with Crippen molar-refractivity contribution >= 4 is 34.1 Å². The Morgan fingerprint density at radius 3 is 2.92 bits per heavy atom. The number of nitrogens with zero attached hydrogens (tertiary/aromatic N) is 2. The van der Waals surface area contributed by atoms with Crippen LogP contribution in [-0.4, -0.2) is 64.9 Å². The van der Waals surface area contributed by atoms with Crippen LogP contribution in [0.1, 0.15) is 26.2 Å². The number of piperidine rings is 1. The Morgan fingerprint density at radius 2 is 2.29 bits per heavy atom. The fraction of sp³-hybridized carbons (Fsp3) is 0.750. The SMILES string of the molecule is CSCC(=O)N[C@]1(C)CCOC2(CCN(c3nccs3)CC2)[C@H]1O. The largest absolute Gasteiger partial charge is 0.388 e. The summed E-state index contributed by atoms with van der Waals surface area (Å²) in [7, 11) is 0. The van der Waals surface area contributed by atoms with Crippen molar-refractivity contribution in [3.05, 3.63) is 11.6 Å². The first kappa shape index (κ1) is 18.0. The van der Waals surface area contributed by atoms with Crippen LogP contribution in [0.3, 0.4) is 0 Å². The number of thiazole rings is 1. The number of anilines is 1. The molecule has 2 fully saturated rings. The molecule has 6 nitrogen and oxygen atoms in total. The van der Waals surface area contributed by atoms with Crippen molar-refractivity contribution in [3.63, 3.8) is 0 Å². The molecule has 0 bridgehead atoms. The summed E-state index contributed by atoms with van der Waals surface area (Å²) in [5.41, 5.74) is -1.21. The van der Waals surface area contributed by atoms with Crippen LogP contribution < -0.4 is 10.2 Å². The lowest BCUT2D eigenvalue weighted by molar-refractivity contribution is -0.198. The number of hydrogen-bond acceptors (Lipinski definition) is 7. The normalized spacial score (nSPS) is 29.6. The molecule has 0 aliphatic carbocycles. The molecule has 0 aromatic carbocycles. The Hall–Kier alpha value is -0.830. The highest BCUT2D eigenvalue weighted by molar-refractivity contribution is 7.99. The highest BCUT2D eigenvalue weighted by Gasteiger charge is 2.53. The molecule has 1 amide bonds. The smallest absolute Gasteiger partial charge is 0.230 e. The van der Waals surface area contributed by atoms with E-state index in [1.807, 2.05) is 24.8 Å². The molecule has 3 heterocycles. The fourth-order valence-corrected chi connectivity index (χ4v) is 4.78. The van der Waals surface area contributed by atoms with Crippen molar-refractivity contribution in [2.45, 2.75) is 43.4 Å². The number of aliphatic hydroxyl groups is 1. The van der Waals surface area contributed by atoms with E-state index in [9.17, 15) is 9.90 Å². The zero-order valence-electron chi connectivity index (χ0n) is 14.2. The van der Waals surface area contributed by atoms with Gasteiger partial charge in [0, 0.05) is 31.3 Å². The van der Waals surface area contributed by atoms with Crippen LogP contribution in [0, 0.1) is 0 Å². The van der Waals surface area contributed by atoms with Gasteiger partial charge in [-0.3, -0.25) is 4.79 Å². The van der Waals surface area contributed by atoms with Gasteiger partial charge in [-0.2, -0.15) is 11.8 Å². The summed E-state index contributed by atoms with van der Waals surface area (Å²) < 4.78 is 6.07. The number of ether oxygens (including phenoxy) is 1. The van der Waals surface area contributed by atoms with Crippen molar-refractivity contribution < 1.29 is 14.6 Å². The minimum Gasteiger partial charge on any atom is -0.388 e. The van der Waals surface area contributed by atoms with Gasteiger partial charge in [-0.05, 0) is 32.4 Å². The molecular formula is C16H25N3O3S2. The van der Waals surface area contributed by atoms with Crippen LogP contribution in [0.2, 0.25) is 0 Å². The lowest BCUT2D eigenvalue weighted by Gasteiger charge is -2.53. The van der Waals surface area contributed by atoms with Crippen molar-refractivity contribution in [3.8, 4) is 0 Å². The van der Waals surface area contributed by atoms with Crippen LogP contribution in [0.4, 0.5) is 5.13 Å². The van der Waals surface area contributed by atoms with Crippen LogP contribution in [0.5, 0.6) is 0 Å². The van der Waals surface area contributed by atoms with E-state index in [1.165, 1.54) is 11.8 Å². The highest BCUT2D eigenvalue weighted by atomic mass is 32.2. The predicted octanol–water partition coefficient (Wildman–Crippen LogP) is 1.50. The van der Waals surface area contributed by atoms with Crippen molar-refractivity contribution in [2.75, 3.05) is 36.6 Å². The second-order valence-corrected chi connectivity index (χ2v) is 8.51. The summed E-state index contributed by atoms with van der Waals surface area (Å²) in [4.78, 5) is 18.6. The first-order chi connectivity index (χ1) is 11.5. The van der Waals surface area contributed by atoms with Gasteiger partial charge in [0.2, 0.25) is 5.91 Å². The van der Waals surface area contributed by atoms with Gasteiger partial charge in [0.1, 0.15) is 6.10 Å². The average Bonchev–Trinajstić information content (AvgIpc) is 3.08. The topological polar surface area (TPSA) is 74.7 Å². The molecule has 2 aliphatic heterocycles. The Balaban J connectivity index is 1.68. The predicted molar refractivity (Wildman–Crippen MR) is 97.8 cm³/mol. The van der Waals surface area contributed by atoms with Crippen molar-refractivity contribution in [1.29, 1.82) is 0 Å². The van der Waals surface area contributed by atoms with Gasteiger partial charge < -0.3 is 20.1 Å². The van der Waals surface area contributed by atoms with E-state index in [1.54, 1.807) is 11.3 Å². The molecule has 1 aromatic heterocycles. The first-order valence-corrected chi connectivity index (χ1v) is 10.5. The minimum atomic E-state index is -0.706. The fourth-order valence-electron chi connectivity index (χ4n) is 3.75. The summed E-state index contributed by atoms with van der Waals surface area (Å²) >= 11 is 3.12. The van der Waals surface area contributed by atoms with Crippen LogP contribution in [0.25, 0.3) is 0 Å². The van der Waals surface area contributed by atoms with Gasteiger partial charge in [0.15, 0.2) is 5.13 Å². The molecule has 2 N–H and O–H groups in total. The first-order valence-electron chi connectivity index (χ1n) is 8.25. The second kappa shape index (κ2) is 7.19.